The van der Waals surface area contributed by atoms with Crippen molar-refractivity contribution in [3.8, 4) is 0 Å². The van der Waals surface area contributed by atoms with Crippen LogP contribution in [0.4, 0.5) is 0 Å². The summed E-state index contributed by atoms with van der Waals surface area (Å²) in [4.78, 5) is 3.14. The molecule has 1 N–H and O–H groups in total. The minimum Gasteiger partial charge on any atom is -0.360 e. The van der Waals surface area contributed by atoms with Crippen molar-refractivity contribution in [1.82, 2.24) is 4.98 Å². The second-order valence-corrected chi connectivity index (χ2v) is 4.87. The molecule has 4 heteroatoms. The first-order valence-corrected chi connectivity index (χ1v) is 5.55. The van der Waals surface area contributed by atoms with Crippen LogP contribution in [0.1, 0.15) is 0 Å². The molecule has 0 fully saturated rings. The van der Waals surface area contributed by atoms with E-state index in [4.69, 9.17) is 11.6 Å². The molecule has 0 aliphatic rings. The molecule has 2 rings (SSSR count). The van der Waals surface area contributed by atoms with E-state index < -0.39 is 0 Å². The van der Waals surface area contributed by atoms with Gasteiger partial charge in [-0.25, -0.2) is 0 Å². The second-order valence-electron chi connectivity index (χ2n) is 2.45. The van der Waals surface area contributed by atoms with Crippen LogP contribution in [0.15, 0.2) is 22.8 Å². The van der Waals surface area contributed by atoms with E-state index in [1.165, 1.54) is 8.96 Å². The zero-order chi connectivity index (χ0) is 8.72. The van der Waals surface area contributed by atoms with Crippen LogP contribution in [0, 0.1) is 3.57 Å². The normalized spacial score (nSPS) is 10.9. The van der Waals surface area contributed by atoms with Gasteiger partial charge < -0.3 is 4.98 Å². The zero-order valence-electron chi connectivity index (χ0n) is 5.87. The molecular formula is C8H4BrClIN. The molecule has 1 aromatic carbocycles. The average molecular weight is 356 g/mol. The smallest absolute Gasteiger partial charge is 0.0569 e. The molecule has 2 aromatic rings. The number of hydrogen-bond acceptors (Lipinski definition) is 0. The lowest BCUT2D eigenvalue weighted by molar-refractivity contribution is 1.46. The van der Waals surface area contributed by atoms with E-state index in [2.05, 4.69) is 43.5 Å². The van der Waals surface area contributed by atoms with Gasteiger partial charge in [0.25, 0.3) is 0 Å². The van der Waals surface area contributed by atoms with E-state index in [9.17, 15) is 0 Å². The molecule has 1 nitrogen and oxygen atoms in total. The number of hydrogen-bond donors (Lipinski definition) is 1. The summed E-state index contributed by atoms with van der Waals surface area (Å²) in [6.07, 6.45) is 1.97. The zero-order valence-corrected chi connectivity index (χ0v) is 10.4. The van der Waals surface area contributed by atoms with Gasteiger partial charge in [0.1, 0.15) is 0 Å². The largest absolute Gasteiger partial charge is 0.360 e. The van der Waals surface area contributed by atoms with Crippen molar-refractivity contribution in [1.29, 1.82) is 0 Å². The van der Waals surface area contributed by atoms with Crippen LogP contribution in [0.25, 0.3) is 10.9 Å². The van der Waals surface area contributed by atoms with Crippen LogP contribution >= 0.6 is 50.1 Å². The van der Waals surface area contributed by atoms with E-state index in [0.717, 1.165) is 15.0 Å². The summed E-state index contributed by atoms with van der Waals surface area (Å²) >= 11 is 11.6. The Labute approximate surface area is 96.8 Å². The van der Waals surface area contributed by atoms with Crippen LogP contribution in [-0.2, 0) is 0 Å². The number of fused-ring (bicyclic) bond motifs is 1. The summed E-state index contributed by atoms with van der Waals surface area (Å²) in [6.45, 7) is 0. The Morgan fingerprint density at radius 3 is 2.92 bits per heavy atom. The van der Waals surface area contributed by atoms with Gasteiger partial charge in [-0.3, -0.25) is 0 Å². The molecule has 0 saturated heterocycles. The summed E-state index contributed by atoms with van der Waals surface area (Å²) in [5, 5.41) is 1.94. The Balaban J connectivity index is 2.87. The summed E-state index contributed by atoms with van der Waals surface area (Å²) in [5.74, 6) is 0. The van der Waals surface area contributed by atoms with Gasteiger partial charge in [-0.1, -0.05) is 11.6 Å². The molecular weight excluding hydrogens is 352 g/mol. The third kappa shape index (κ3) is 1.38. The lowest BCUT2D eigenvalue weighted by atomic mass is 10.2. The third-order valence-electron chi connectivity index (χ3n) is 1.67. The molecule has 62 valence electrons. The highest BCUT2D eigenvalue weighted by atomic mass is 127. The molecule has 0 aliphatic heterocycles. The highest BCUT2D eigenvalue weighted by molar-refractivity contribution is 14.1. The molecule has 0 saturated carbocycles. The first-order valence-electron chi connectivity index (χ1n) is 3.30. The number of rotatable bonds is 0. The highest BCUT2D eigenvalue weighted by Gasteiger charge is 2.04. The van der Waals surface area contributed by atoms with Gasteiger partial charge in [-0.15, -0.1) is 0 Å². The summed E-state index contributed by atoms with van der Waals surface area (Å²) in [7, 11) is 0. The molecule has 0 radical (unpaired) electrons. The third-order valence-corrected chi connectivity index (χ3v) is 3.76. The SMILES string of the molecule is Clc1cc2[nH]cc(I)c2cc1Br. The van der Waals surface area contributed by atoms with E-state index in [0.29, 0.717) is 0 Å². The molecule has 0 atom stereocenters. The first-order chi connectivity index (χ1) is 5.68. The van der Waals surface area contributed by atoms with Gasteiger partial charge in [0.2, 0.25) is 0 Å². The Morgan fingerprint density at radius 2 is 2.17 bits per heavy atom. The van der Waals surface area contributed by atoms with Gasteiger partial charge in [-0.2, -0.15) is 0 Å². The topological polar surface area (TPSA) is 15.8 Å². The molecule has 0 amide bonds. The van der Waals surface area contributed by atoms with Gasteiger partial charge in [0, 0.05) is 25.1 Å². The molecule has 0 unspecified atom stereocenters. The number of aromatic amines is 1. The van der Waals surface area contributed by atoms with Gasteiger partial charge in [-0.05, 0) is 50.7 Å². The number of aromatic nitrogens is 1. The molecule has 1 aromatic heterocycles. The number of halogens is 3. The Kier molecular flexibility index (Phi) is 2.35. The van der Waals surface area contributed by atoms with Crippen molar-refractivity contribution < 1.29 is 0 Å². The fourth-order valence-electron chi connectivity index (χ4n) is 1.08. The maximum atomic E-state index is 5.93. The quantitative estimate of drug-likeness (QED) is 0.682. The van der Waals surface area contributed by atoms with Crippen molar-refractivity contribution in [3.05, 3.63) is 31.4 Å². The van der Waals surface area contributed by atoms with Crippen molar-refractivity contribution in [2.45, 2.75) is 0 Å². The minimum atomic E-state index is 0.737. The van der Waals surface area contributed by atoms with Gasteiger partial charge in [0.05, 0.1) is 5.02 Å². The molecule has 12 heavy (non-hydrogen) atoms. The second kappa shape index (κ2) is 3.20. The van der Waals surface area contributed by atoms with Crippen molar-refractivity contribution in [2.24, 2.45) is 0 Å². The monoisotopic (exact) mass is 355 g/mol. The van der Waals surface area contributed by atoms with Crippen LogP contribution in [-0.4, -0.2) is 4.98 Å². The van der Waals surface area contributed by atoms with Crippen molar-refractivity contribution in [3.63, 3.8) is 0 Å². The molecule has 1 heterocycles. The predicted molar refractivity (Wildman–Crippen MR) is 63.7 cm³/mol. The Morgan fingerprint density at radius 1 is 1.42 bits per heavy atom. The molecule has 0 bridgehead atoms. The summed E-state index contributed by atoms with van der Waals surface area (Å²) in [5.41, 5.74) is 1.08. The van der Waals surface area contributed by atoms with Crippen LogP contribution in [0.2, 0.25) is 5.02 Å². The average Bonchev–Trinajstić information content (AvgIpc) is 2.35. The standard InChI is InChI=1S/C8H4BrClIN/c9-5-1-4-7(11)3-12-8(4)2-6(5)10/h1-3,12H. The fraction of sp³-hybridized carbons (Fsp3) is 0. The molecule has 0 aliphatic carbocycles. The lowest BCUT2D eigenvalue weighted by Crippen LogP contribution is -1.71. The van der Waals surface area contributed by atoms with Crippen molar-refractivity contribution in [2.75, 3.05) is 0 Å². The number of nitrogens with one attached hydrogen (secondary N) is 1. The first kappa shape index (κ1) is 8.84. The molecule has 0 spiro atoms. The fourth-order valence-corrected chi connectivity index (χ4v) is 2.19. The Bertz CT molecular complexity index is 438. The van der Waals surface area contributed by atoms with E-state index in [1.54, 1.807) is 0 Å². The van der Waals surface area contributed by atoms with Gasteiger partial charge >= 0.3 is 0 Å². The highest BCUT2D eigenvalue weighted by Crippen LogP contribution is 2.29. The Hall–Kier alpha value is 0.260. The summed E-state index contributed by atoms with van der Waals surface area (Å²) < 4.78 is 2.15. The van der Waals surface area contributed by atoms with E-state index >= 15 is 0 Å². The maximum absolute atomic E-state index is 5.93. The number of H-pyrrole nitrogens is 1. The van der Waals surface area contributed by atoms with Crippen LogP contribution in [0.5, 0.6) is 0 Å². The van der Waals surface area contributed by atoms with E-state index in [-0.39, 0.29) is 0 Å². The predicted octanol–water partition coefficient (Wildman–Crippen LogP) is 4.19. The van der Waals surface area contributed by atoms with Crippen LogP contribution in [0.3, 0.4) is 0 Å². The van der Waals surface area contributed by atoms with E-state index in [1.807, 2.05) is 18.3 Å². The van der Waals surface area contributed by atoms with Crippen molar-refractivity contribution >= 4 is 61.0 Å². The number of benzene rings is 1. The lowest BCUT2D eigenvalue weighted by Gasteiger charge is -1.95. The minimum absolute atomic E-state index is 0.737. The van der Waals surface area contributed by atoms with Crippen LogP contribution < -0.4 is 0 Å². The summed E-state index contributed by atoms with van der Waals surface area (Å²) in [6, 6.07) is 3.94. The maximum Gasteiger partial charge on any atom is 0.0569 e. The van der Waals surface area contributed by atoms with Gasteiger partial charge in [0.15, 0.2) is 0 Å².